The van der Waals surface area contributed by atoms with Crippen molar-refractivity contribution in [2.45, 2.75) is 13.8 Å². The van der Waals surface area contributed by atoms with Gasteiger partial charge in [-0.3, -0.25) is 0 Å². The van der Waals surface area contributed by atoms with Crippen molar-refractivity contribution >= 4 is 0 Å². The third kappa shape index (κ3) is 9.92. The molecule has 0 unspecified atom stereocenters. The van der Waals surface area contributed by atoms with Gasteiger partial charge in [0.25, 0.3) is 0 Å². The Hall–Kier alpha value is 0.913. The van der Waals surface area contributed by atoms with Crippen LogP contribution in [-0.2, 0) is 0 Å². The SMILES string of the molecule is CCOc1ccccc1[O-].CCOc1ccccc1[O-].[K+].[K+]. The minimum absolute atomic E-state index is 0. The van der Waals surface area contributed by atoms with Crippen molar-refractivity contribution in [2.24, 2.45) is 0 Å². The molecule has 0 aliphatic carbocycles. The second kappa shape index (κ2) is 15.4. The van der Waals surface area contributed by atoms with E-state index in [1.807, 2.05) is 13.8 Å². The van der Waals surface area contributed by atoms with Crippen LogP contribution in [0.2, 0.25) is 0 Å². The largest absolute Gasteiger partial charge is 1.00 e. The van der Waals surface area contributed by atoms with Crippen LogP contribution < -0.4 is 122 Å². The van der Waals surface area contributed by atoms with Gasteiger partial charge in [-0.05, 0) is 26.0 Å². The van der Waals surface area contributed by atoms with Crippen molar-refractivity contribution in [3.05, 3.63) is 48.5 Å². The number of hydrogen-bond acceptors (Lipinski definition) is 4. The van der Waals surface area contributed by atoms with E-state index in [2.05, 4.69) is 0 Å². The van der Waals surface area contributed by atoms with Crippen LogP contribution in [0.4, 0.5) is 0 Å². The number of para-hydroxylation sites is 4. The molecule has 0 bridgehead atoms. The summed E-state index contributed by atoms with van der Waals surface area (Å²) in [6.45, 7) is 4.79. The van der Waals surface area contributed by atoms with Crippen LogP contribution >= 0.6 is 0 Å². The zero-order chi connectivity index (χ0) is 14.8. The molecule has 2 aromatic carbocycles. The maximum atomic E-state index is 10.9. The molecule has 0 radical (unpaired) electrons. The third-order valence-electron chi connectivity index (χ3n) is 2.30. The average molecular weight is 353 g/mol. The Morgan fingerprint density at radius 3 is 1.27 bits per heavy atom. The molecule has 0 fully saturated rings. The van der Waals surface area contributed by atoms with Crippen LogP contribution in [0.3, 0.4) is 0 Å². The quantitative estimate of drug-likeness (QED) is 0.532. The summed E-state index contributed by atoms with van der Waals surface area (Å²) in [4.78, 5) is 0. The number of hydrogen-bond donors (Lipinski definition) is 0. The molecule has 0 saturated carbocycles. The smallest absolute Gasteiger partial charge is 0.870 e. The standard InChI is InChI=1S/2C8H10O2.2K/c2*1-2-10-8-6-4-3-5-7(8)9;;/h2*3-6,9H,2H2,1H3;;/q;;2*+1/p-2. The molecule has 0 aliphatic rings. The molecule has 0 spiro atoms. The summed E-state index contributed by atoms with van der Waals surface area (Å²) in [7, 11) is 0. The van der Waals surface area contributed by atoms with Crippen molar-refractivity contribution < 1.29 is 122 Å². The molecule has 4 nitrogen and oxygen atoms in total. The summed E-state index contributed by atoms with van der Waals surface area (Å²) < 4.78 is 10.0. The Morgan fingerprint density at radius 1 is 0.682 bits per heavy atom. The second-order valence-electron chi connectivity index (χ2n) is 3.76. The third-order valence-corrected chi connectivity index (χ3v) is 2.30. The molecule has 2 aromatic rings. The molecule has 0 aliphatic heterocycles. The van der Waals surface area contributed by atoms with E-state index < -0.39 is 0 Å². The Labute approximate surface area is 217 Å². The molecule has 2 rings (SSSR count). The fourth-order valence-corrected chi connectivity index (χ4v) is 1.45. The molecule has 6 heteroatoms. The Morgan fingerprint density at radius 2 is 1.00 bits per heavy atom. The van der Waals surface area contributed by atoms with E-state index in [-0.39, 0.29) is 114 Å². The Kier molecular flexibility index (Phi) is 17.7. The van der Waals surface area contributed by atoms with Gasteiger partial charge in [0.05, 0.1) is 13.2 Å². The summed E-state index contributed by atoms with van der Waals surface area (Å²) in [5, 5.41) is 21.8. The van der Waals surface area contributed by atoms with Gasteiger partial charge in [-0.15, -0.1) is 0 Å². The van der Waals surface area contributed by atoms with Gasteiger partial charge in [0.1, 0.15) is 11.5 Å². The van der Waals surface area contributed by atoms with Crippen LogP contribution in [0.1, 0.15) is 13.8 Å². The van der Waals surface area contributed by atoms with Crippen molar-refractivity contribution in [1.82, 2.24) is 0 Å². The first kappa shape index (κ1) is 25.2. The van der Waals surface area contributed by atoms with E-state index in [1.54, 1.807) is 36.4 Å². The number of rotatable bonds is 4. The van der Waals surface area contributed by atoms with Crippen molar-refractivity contribution in [2.75, 3.05) is 13.2 Å². The second-order valence-corrected chi connectivity index (χ2v) is 3.76. The molecule has 22 heavy (non-hydrogen) atoms. The topological polar surface area (TPSA) is 64.6 Å². The van der Waals surface area contributed by atoms with Crippen LogP contribution in [-0.4, -0.2) is 13.2 Å². The fourth-order valence-electron chi connectivity index (χ4n) is 1.45. The molecule has 0 saturated heterocycles. The fraction of sp³-hybridized carbons (Fsp3) is 0.250. The number of ether oxygens (including phenoxy) is 2. The molecule has 0 amide bonds. The molecule has 0 atom stereocenters. The number of benzene rings is 2. The monoisotopic (exact) mass is 352 g/mol. The van der Waals surface area contributed by atoms with Crippen LogP contribution in [0.5, 0.6) is 23.0 Å². The van der Waals surface area contributed by atoms with E-state index >= 15 is 0 Å². The Bertz CT molecular complexity index is 474. The van der Waals surface area contributed by atoms with E-state index in [9.17, 15) is 10.2 Å². The van der Waals surface area contributed by atoms with E-state index in [0.717, 1.165) is 0 Å². The van der Waals surface area contributed by atoms with Crippen molar-refractivity contribution in [3.63, 3.8) is 0 Å². The summed E-state index contributed by atoms with van der Waals surface area (Å²) in [6, 6.07) is 13.3. The van der Waals surface area contributed by atoms with Crippen LogP contribution in [0.15, 0.2) is 48.5 Å². The van der Waals surface area contributed by atoms with E-state index in [4.69, 9.17) is 9.47 Å². The van der Waals surface area contributed by atoms with Gasteiger partial charge in [0.2, 0.25) is 0 Å². The van der Waals surface area contributed by atoms with Gasteiger partial charge in [0.15, 0.2) is 0 Å². The van der Waals surface area contributed by atoms with Crippen LogP contribution in [0.25, 0.3) is 0 Å². The maximum absolute atomic E-state index is 10.9. The van der Waals surface area contributed by atoms with Gasteiger partial charge in [-0.25, -0.2) is 0 Å². The molecule has 0 heterocycles. The zero-order valence-electron chi connectivity index (χ0n) is 13.7. The molecule has 108 valence electrons. The predicted molar refractivity (Wildman–Crippen MR) is 74.1 cm³/mol. The minimum Gasteiger partial charge on any atom is -0.870 e. The van der Waals surface area contributed by atoms with Crippen LogP contribution in [0, 0.1) is 0 Å². The first-order valence-corrected chi connectivity index (χ1v) is 6.46. The van der Waals surface area contributed by atoms with Crippen molar-refractivity contribution in [1.29, 1.82) is 0 Å². The summed E-state index contributed by atoms with van der Waals surface area (Å²) in [5.41, 5.74) is 0. The molecular weight excluding hydrogens is 334 g/mol. The first-order valence-electron chi connectivity index (χ1n) is 6.46. The average Bonchev–Trinajstić information content (AvgIpc) is 2.45. The van der Waals surface area contributed by atoms with E-state index in [1.165, 1.54) is 12.1 Å². The van der Waals surface area contributed by atoms with Gasteiger partial charge < -0.3 is 19.7 Å². The molecular formula is C16H18K2O4. The maximum Gasteiger partial charge on any atom is 1.00 e. The van der Waals surface area contributed by atoms with Gasteiger partial charge in [0, 0.05) is 0 Å². The van der Waals surface area contributed by atoms with Gasteiger partial charge in [-0.2, -0.15) is 0 Å². The first-order chi connectivity index (χ1) is 9.69. The summed E-state index contributed by atoms with van der Waals surface area (Å²) in [6.07, 6.45) is 0. The Balaban J connectivity index is 0. The summed E-state index contributed by atoms with van der Waals surface area (Å²) >= 11 is 0. The summed E-state index contributed by atoms with van der Waals surface area (Å²) in [5.74, 6) is 0.767. The van der Waals surface area contributed by atoms with E-state index in [0.29, 0.717) is 24.7 Å². The van der Waals surface area contributed by atoms with Gasteiger partial charge in [-0.1, -0.05) is 47.9 Å². The van der Waals surface area contributed by atoms with Gasteiger partial charge >= 0.3 is 103 Å². The van der Waals surface area contributed by atoms with Crippen molar-refractivity contribution in [3.8, 4) is 23.0 Å². The minimum atomic E-state index is -0.0515. The zero-order valence-corrected chi connectivity index (χ0v) is 19.9. The normalized spacial score (nSPS) is 8.45. The molecule has 0 N–H and O–H groups in total. The predicted octanol–water partition coefficient (Wildman–Crippen LogP) is -3.67. The molecule has 0 aromatic heterocycles.